The predicted octanol–water partition coefficient (Wildman–Crippen LogP) is 11.2. The van der Waals surface area contributed by atoms with E-state index in [9.17, 15) is 0 Å². The topological polar surface area (TPSA) is 6.25 Å². The molecule has 4 aromatic carbocycles. The van der Waals surface area contributed by atoms with Crippen molar-refractivity contribution in [3.8, 4) is 0 Å². The van der Waals surface area contributed by atoms with Gasteiger partial charge in [-0.3, -0.25) is 0 Å². The number of fused-ring (bicyclic) bond motifs is 6. The fraction of sp³-hybridized carbons (Fsp3) is 0.372. The first-order valence-corrected chi connectivity index (χ1v) is 17.3. The smallest absolute Gasteiger partial charge is 0.210 e. The second-order valence-electron chi connectivity index (χ2n) is 14.5. The maximum absolute atomic E-state index is 4.19. The Morgan fingerprint density at radius 1 is 0.844 bits per heavy atom. The average molecular weight is 594 g/mol. The van der Waals surface area contributed by atoms with Crippen molar-refractivity contribution in [1.29, 1.82) is 0 Å². The van der Waals surface area contributed by atoms with Crippen molar-refractivity contribution < 1.29 is 4.58 Å². The lowest BCUT2D eigenvalue weighted by molar-refractivity contribution is -0.438. The fourth-order valence-electron chi connectivity index (χ4n) is 9.05. The fourth-order valence-corrected chi connectivity index (χ4v) is 9.05. The Balaban J connectivity index is 1.27. The first-order chi connectivity index (χ1) is 21.8. The number of nitrogens with zero attached hydrogens (tertiary/aromatic N) is 2. The van der Waals surface area contributed by atoms with E-state index >= 15 is 0 Å². The molecular weight excluding hydrogens is 544 g/mol. The monoisotopic (exact) mass is 593 g/mol. The standard InChI is InChI=1S/C43H49N2/c1-6-29-43(4)39(44(5)36-27-25-33-20-10-12-22-35(33)41(36)43)24-15-23-38-42(2,3)40-34-21-11-9-19-32(34)26-28-37(40)45(38)30-14-13-18-31-16-7-8-17-31/h6,9-12,15,19-28,31H,1,7-8,13-14,16-18,29-30H2,2-5H3/q+1. The number of hydrogen-bond donors (Lipinski definition) is 0. The Kier molecular flexibility index (Phi) is 7.80. The maximum Gasteiger partial charge on any atom is 0.210 e. The maximum atomic E-state index is 4.19. The van der Waals surface area contributed by atoms with E-state index < -0.39 is 0 Å². The third-order valence-corrected chi connectivity index (χ3v) is 11.3. The van der Waals surface area contributed by atoms with Crippen molar-refractivity contribution >= 4 is 38.6 Å². The molecule has 0 bridgehead atoms. The molecule has 4 aromatic rings. The quantitative estimate of drug-likeness (QED) is 0.106. The summed E-state index contributed by atoms with van der Waals surface area (Å²) in [5.41, 5.74) is 8.06. The molecule has 2 heterocycles. The van der Waals surface area contributed by atoms with Crippen molar-refractivity contribution in [2.45, 2.75) is 83.0 Å². The van der Waals surface area contributed by atoms with Crippen LogP contribution in [0.4, 0.5) is 11.4 Å². The Hall–Kier alpha value is -3.91. The Morgan fingerprint density at radius 3 is 2.22 bits per heavy atom. The molecule has 230 valence electrons. The molecule has 0 aromatic heterocycles. The lowest BCUT2D eigenvalue weighted by Crippen LogP contribution is -2.28. The van der Waals surface area contributed by atoms with Gasteiger partial charge in [0.05, 0.1) is 5.41 Å². The molecule has 1 saturated carbocycles. The Morgan fingerprint density at radius 2 is 1.51 bits per heavy atom. The molecule has 0 amide bonds. The molecule has 1 fully saturated rings. The van der Waals surface area contributed by atoms with E-state index in [-0.39, 0.29) is 10.8 Å². The first-order valence-electron chi connectivity index (χ1n) is 17.3. The zero-order valence-electron chi connectivity index (χ0n) is 27.8. The lowest BCUT2D eigenvalue weighted by Gasteiger charge is -2.28. The minimum Gasteiger partial charge on any atom is -0.347 e. The molecule has 1 atom stereocenters. The van der Waals surface area contributed by atoms with E-state index in [4.69, 9.17) is 0 Å². The molecular formula is C43H49N2+. The summed E-state index contributed by atoms with van der Waals surface area (Å²) in [4.78, 5) is 2.41. The molecule has 1 unspecified atom stereocenters. The number of benzene rings is 4. The zero-order valence-corrected chi connectivity index (χ0v) is 27.8. The van der Waals surface area contributed by atoms with Gasteiger partial charge in [0.2, 0.25) is 5.69 Å². The van der Waals surface area contributed by atoms with Gasteiger partial charge in [0.1, 0.15) is 6.54 Å². The van der Waals surface area contributed by atoms with Crippen molar-refractivity contribution in [2.75, 3.05) is 18.5 Å². The van der Waals surface area contributed by atoms with Crippen molar-refractivity contribution in [3.63, 3.8) is 0 Å². The summed E-state index contributed by atoms with van der Waals surface area (Å²) in [5.74, 6) is 0.959. The number of rotatable bonds is 9. The molecule has 1 aliphatic carbocycles. The van der Waals surface area contributed by atoms with Crippen LogP contribution in [0, 0.1) is 5.92 Å². The molecule has 0 N–H and O–H groups in total. The van der Waals surface area contributed by atoms with Gasteiger partial charge >= 0.3 is 0 Å². The summed E-state index contributed by atoms with van der Waals surface area (Å²) in [7, 11) is 2.23. The van der Waals surface area contributed by atoms with E-state index in [0.717, 1.165) is 18.9 Å². The Labute approximate surface area is 270 Å². The second-order valence-corrected chi connectivity index (χ2v) is 14.5. The number of hydrogen-bond acceptors (Lipinski definition) is 1. The van der Waals surface area contributed by atoms with Crippen LogP contribution >= 0.6 is 0 Å². The molecule has 2 aliphatic heterocycles. The van der Waals surface area contributed by atoms with Crippen LogP contribution in [0.25, 0.3) is 21.5 Å². The van der Waals surface area contributed by atoms with Gasteiger partial charge in [0, 0.05) is 48.0 Å². The zero-order chi connectivity index (χ0) is 31.2. The summed E-state index contributed by atoms with van der Waals surface area (Å²) < 4.78 is 2.65. The SMILES string of the molecule is C=CCC1(C)C(=CC=CC2=[N+](CCCCC3CCCC3)c3ccc4ccccc4c3C2(C)C)N(C)c2ccc3ccccc3c21. The number of unbranched alkanes of at least 4 members (excludes halogenated alkanes) is 1. The molecule has 0 spiro atoms. The van der Waals surface area contributed by atoms with Crippen LogP contribution in [0.3, 0.4) is 0 Å². The highest BCUT2D eigenvalue weighted by Crippen LogP contribution is 2.52. The van der Waals surface area contributed by atoms with Gasteiger partial charge in [-0.15, -0.1) is 6.58 Å². The molecule has 7 rings (SSSR count). The van der Waals surface area contributed by atoms with E-state index in [1.54, 1.807) is 0 Å². The largest absolute Gasteiger partial charge is 0.347 e. The minimum atomic E-state index is -0.147. The summed E-state index contributed by atoms with van der Waals surface area (Å²) in [6.45, 7) is 12.5. The minimum absolute atomic E-state index is 0.0954. The van der Waals surface area contributed by atoms with Crippen LogP contribution in [-0.4, -0.2) is 23.9 Å². The summed E-state index contributed by atoms with van der Waals surface area (Å²) in [6.07, 6.45) is 19.8. The predicted molar refractivity (Wildman–Crippen MR) is 194 cm³/mol. The molecule has 0 radical (unpaired) electrons. The van der Waals surface area contributed by atoms with E-state index in [2.05, 4.69) is 141 Å². The number of allylic oxidation sites excluding steroid dienone is 5. The van der Waals surface area contributed by atoms with Crippen molar-refractivity contribution in [3.05, 3.63) is 121 Å². The molecule has 0 saturated heterocycles. The third kappa shape index (κ3) is 4.98. The van der Waals surface area contributed by atoms with Crippen LogP contribution in [0.1, 0.15) is 83.3 Å². The van der Waals surface area contributed by atoms with Crippen LogP contribution in [0.15, 0.2) is 109 Å². The summed E-state index contributed by atoms with van der Waals surface area (Å²) in [6, 6.07) is 27.0. The number of likely N-dealkylation sites (N-methyl/N-ethyl adjacent to an activating group) is 1. The molecule has 45 heavy (non-hydrogen) atoms. The first kappa shape index (κ1) is 29.8. The highest BCUT2D eigenvalue weighted by molar-refractivity contribution is 6.07. The van der Waals surface area contributed by atoms with Gasteiger partial charge in [-0.05, 0) is 84.8 Å². The van der Waals surface area contributed by atoms with Crippen LogP contribution in [0.2, 0.25) is 0 Å². The summed E-state index contributed by atoms with van der Waals surface area (Å²) in [5, 5.41) is 5.36. The summed E-state index contributed by atoms with van der Waals surface area (Å²) >= 11 is 0. The van der Waals surface area contributed by atoms with Crippen molar-refractivity contribution in [1.82, 2.24) is 0 Å². The third-order valence-electron chi connectivity index (χ3n) is 11.3. The van der Waals surface area contributed by atoms with Crippen molar-refractivity contribution in [2.24, 2.45) is 5.92 Å². The highest BCUT2D eigenvalue weighted by Gasteiger charge is 2.46. The van der Waals surface area contributed by atoms with Gasteiger partial charge in [-0.1, -0.05) is 98.9 Å². The molecule has 3 aliphatic rings. The average Bonchev–Trinajstić information content (AvgIpc) is 3.70. The van der Waals surface area contributed by atoms with Gasteiger partial charge in [-0.2, -0.15) is 4.58 Å². The molecule has 2 nitrogen and oxygen atoms in total. The van der Waals surface area contributed by atoms with E-state index in [1.165, 1.54) is 100 Å². The van der Waals surface area contributed by atoms with Crippen LogP contribution in [-0.2, 0) is 10.8 Å². The second kappa shape index (κ2) is 11.8. The Bertz CT molecular complexity index is 1860. The van der Waals surface area contributed by atoms with Gasteiger partial charge < -0.3 is 4.90 Å². The lowest BCUT2D eigenvalue weighted by atomic mass is 9.76. The highest BCUT2D eigenvalue weighted by atomic mass is 15.2. The van der Waals surface area contributed by atoms with Crippen LogP contribution < -0.4 is 4.90 Å². The van der Waals surface area contributed by atoms with Gasteiger partial charge in [0.15, 0.2) is 5.71 Å². The van der Waals surface area contributed by atoms with Crippen LogP contribution in [0.5, 0.6) is 0 Å². The van der Waals surface area contributed by atoms with E-state index in [1.807, 2.05) is 0 Å². The molecule has 2 heteroatoms. The van der Waals surface area contributed by atoms with Gasteiger partial charge in [-0.25, -0.2) is 0 Å². The van der Waals surface area contributed by atoms with Gasteiger partial charge in [0.25, 0.3) is 0 Å². The normalized spacial score (nSPS) is 22.0. The van der Waals surface area contributed by atoms with E-state index in [0.29, 0.717) is 0 Å². The number of anilines is 1.